The molecule has 3 heterocycles. The fraction of sp³-hybridized carbons (Fsp3) is 0.440. The number of pyridine rings is 1. The molecule has 3 fully saturated rings. The van der Waals surface area contributed by atoms with Crippen LogP contribution in [0.2, 0.25) is 0 Å². The highest BCUT2D eigenvalue weighted by Gasteiger charge is 2.48. The molecule has 2 aliphatic heterocycles. The maximum absolute atomic E-state index is 13.0. The molecular formula is C25H25N5O2. The summed E-state index contributed by atoms with van der Waals surface area (Å²) >= 11 is 0. The summed E-state index contributed by atoms with van der Waals surface area (Å²) in [6, 6.07) is 15.9. The third-order valence-corrected chi connectivity index (χ3v) is 7.10. The number of nitrogens with zero attached hydrogens (tertiary/aromatic N) is 5. The number of nitriles is 2. The van der Waals surface area contributed by atoms with Gasteiger partial charge < -0.3 is 14.5 Å². The first kappa shape index (κ1) is 20.5. The Kier molecular flexibility index (Phi) is 5.07. The lowest BCUT2D eigenvalue weighted by Gasteiger charge is -2.42. The summed E-state index contributed by atoms with van der Waals surface area (Å²) < 4.78 is 6.14. The van der Waals surface area contributed by atoms with Crippen LogP contribution in [-0.2, 0) is 15.1 Å². The van der Waals surface area contributed by atoms with Crippen molar-refractivity contribution in [3.63, 3.8) is 0 Å². The van der Waals surface area contributed by atoms with E-state index in [2.05, 4.69) is 28.9 Å². The first-order chi connectivity index (χ1) is 15.5. The van der Waals surface area contributed by atoms with Gasteiger partial charge in [-0.1, -0.05) is 19.1 Å². The number of rotatable bonds is 5. The number of ether oxygens (including phenoxy) is 1. The van der Waals surface area contributed by atoms with Crippen molar-refractivity contribution in [2.45, 2.75) is 43.9 Å². The summed E-state index contributed by atoms with van der Waals surface area (Å²) in [6.45, 7) is 3.62. The van der Waals surface area contributed by atoms with Crippen LogP contribution in [0, 0.1) is 28.6 Å². The molecule has 1 saturated carbocycles. The Morgan fingerprint density at radius 1 is 1.12 bits per heavy atom. The lowest BCUT2D eigenvalue weighted by atomic mass is 10.0. The number of anilines is 1. The van der Waals surface area contributed by atoms with Gasteiger partial charge in [-0.3, -0.25) is 4.79 Å². The molecule has 162 valence electrons. The fourth-order valence-electron chi connectivity index (χ4n) is 5.16. The molecule has 2 bridgehead atoms. The Bertz CT molecular complexity index is 1100. The van der Waals surface area contributed by atoms with Crippen LogP contribution < -0.4 is 4.90 Å². The number of fused-ring (bicyclic) bond motifs is 2. The van der Waals surface area contributed by atoms with Crippen LogP contribution in [-0.4, -0.2) is 47.6 Å². The average Bonchev–Trinajstić information content (AvgIpc) is 3.59. The van der Waals surface area contributed by atoms with Gasteiger partial charge in [-0.25, -0.2) is 4.98 Å². The van der Waals surface area contributed by atoms with Crippen LogP contribution in [0.25, 0.3) is 0 Å². The first-order valence-electron chi connectivity index (χ1n) is 11.1. The minimum atomic E-state index is -0.385. The summed E-state index contributed by atoms with van der Waals surface area (Å²) in [5, 5.41) is 18.0. The predicted molar refractivity (Wildman–Crippen MR) is 117 cm³/mol. The van der Waals surface area contributed by atoms with Gasteiger partial charge in [-0.05, 0) is 55.0 Å². The smallest absolute Gasteiger partial charge is 0.248 e. The summed E-state index contributed by atoms with van der Waals surface area (Å²) in [7, 11) is 0. The van der Waals surface area contributed by atoms with Gasteiger partial charge in [0.25, 0.3) is 0 Å². The van der Waals surface area contributed by atoms with Crippen LogP contribution >= 0.6 is 0 Å². The van der Waals surface area contributed by atoms with E-state index in [1.807, 2.05) is 23.1 Å². The van der Waals surface area contributed by atoms with Gasteiger partial charge in [0.2, 0.25) is 5.91 Å². The van der Waals surface area contributed by atoms with Gasteiger partial charge >= 0.3 is 0 Å². The van der Waals surface area contributed by atoms with E-state index in [9.17, 15) is 4.79 Å². The van der Waals surface area contributed by atoms with E-state index in [1.165, 1.54) is 0 Å². The van der Waals surface area contributed by atoms with Crippen molar-refractivity contribution in [3.8, 4) is 12.1 Å². The maximum atomic E-state index is 13.0. The molecule has 1 aromatic carbocycles. The van der Waals surface area contributed by atoms with Crippen LogP contribution in [0.1, 0.15) is 42.9 Å². The molecule has 0 radical (unpaired) electrons. The van der Waals surface area contributed by atoms with Gasteiger partial charge in [0, 0.05) is 25.3 Å². The zero-order valence-electron chi connectivity index (χ0n) is 18.1. The Morgan fingerprint density at radius 3 is 2.44 bits per heavy atom. The second-order valence-electron chi connectivity index (χ2n) is 9.13. The van der Waals surface area contributed by atoms with E-state index in [0.717, 1.165) is 30.6 Å². The molecule has 1 amide bonds. The Labute approximate surface area is 187 Å². The molecule has 1 aromatic heterocycles. The highest BCUT2D eigenvalue weighted by molar-refractivity contribution is 5.78. The quantitative estimate of drug-likeness (QED) is 0.728. The Hall–Kier alpha value is -3.42. The Balaban J connectivity index is 1.23. The third-order valence-electron chi connectivity index (χ3n) is 7.10. The molecule has 7 heteroatoms. The molecule has 32 heavy (non-hydrogen) atoms. The lowest BCUT2D eigenvalue weighted by molar-refractivity contribution is -0.140. The summed E-state index contributed by atoms with van der Waals surface area (Å²) in [4.78, 5) is 21.8. The molecule has 3 aliphatic rings. The fourth-order valence-corrected chi connectivity index (χ4v) is 5.16. The van der Waals surface area contributed by atoms with E-state index in [-0.39, 0.29) is 30.2 Å². The normalized spacial score (nSPS) is 25.2. The number of carbonyl (C=O) groups is 1. The highest BCUT2D eigenvalue weighted by atomic mass is 16.5. The van der Waals surface area contributed by atoms with Crippen molar-refractivity contribution in [1.82, 2.24) is 9.88 Å². The van der Waals surface area contributed by atoms with E-state index in [1.54, 1.807) is 24.4 Å². The van der Waals surface area contributed by atoms with Gasteiger partial charge in [0.15, 0.2) is 0 Å². The number of aromatic nitrogens is 1. The van der Waals surface area contributed by atoms with Crippen molar-refractivity contribution >= 4 is 11.7 Å². The minimum absolute atomic E-state index is 0.0291. The number of hydrogen-bond acceptors (Lipinski definition) is 6. The molecular weight excluding hydrogens is 402 g/mol. The zero-order chi connectivity index (χ0) is 22.3. The standard InChI is InChI=1S/C25H25N5O2/c1-17-10-21-14-29(15-22(17)30(21)23-7-4-19(12-27)13-28-23)24(31)16-32-25(8-9-25)20-5-2-18(11-26)3-6-20/h2-7,13,17,21-22H,8-10,14-16H2,1H3/t17-,21?,22?/m0/s1. The summed E-state index contributed by atoms with van der Waals surface area (Å²) in [5.74, 6) is 1.37. The van der Waals surface area contributed by atoms with Crippen molar-refractivity contribution in [2.75, 3.05) is 24.6 Å². The molecule has 2 unspecified atom stereocenters. The molecule has 3 atom stereocenters. The molecule has 2 aromatic rings. The van der Waals surface area contributed by atoms with E-state index in [0.29, 0.717) is 30.1 Å². The summed E-state index contributed by atoms with van der Waals surface area (Å²) in [5.41, 5.74) is 1.83. The Morgan fingerprint density at radius 2 is 1.84 bits per heavy atom. The second kappa shape index (κ2) is 7.93. The highest BCUT2D eigenvalue weighted by Crippen LogP contribution is 2.49. The molecule has 5 rings (SSSR count). The minimum Gasteiger partial charge on any atom is -0.360 e. The van der Waals surface area contributed by atoms with Gasteiger partial charge in [-0.2, -0.15) is 10.5 Å². The van der Waals surface area contributed by atoms with E-state index < -0.39 is 0 Å². The third kappa shape index (κ3) is 3.59. The topological polar surface area (TPSA) is 93.2 Å². The van der Waals surface area contributed by atoms with Gasteiger partial charge in [0.1, 0.15) is 18.5 Å². The maximum Gasteiger partial charge on any atom is 0.248 e. The molecule has 2 saturated heterocycles. The molecule has 7 nitrogen and oxygen atoms in total. The SMILES string of the molecule is C[C@H]1CC2CN(C(=O)COC3(c4ccc(C#N)cc4)CC3)CC1N2c1ccc(C#N)cn1. The van der Waals surface area contributed by atoms with Crippen LogP contribution in [0.3, 0.4) is 0 Å². The van der Waals surface area contributed by atoms with Crippen molar-refractivity contribution in [3.05, 3.63) is 59.3 Å². The lowest BCUT2D eigenvalue weighted by Crippen LogP contribution is -2.57. The first-order valence-corrected chi connectivity index (χ1v) is 11.1. The number of benzene rings is 1. The van der Waals surface area contributed by atoms with Crippen LogP contribution in [0.4, 0.5) is 5.82 Å². The van der Waals surface area contributed by atoms with Crippen molar-refractivity contribution < 1.29 is 9.53 Å². The second-order valence-corrected chi connectivity index (χ2v) is 9.13. The van der Waals surface area contributed by atoms with E-state index >= 15 is 0 Å². The molecule has 0 spiro atoms. The van der Waals surface area contributed by atoms with Crippen LogP contribution in [0.15, 0.2) is 42.6 Å². The number of likely N-dealkylation sites (tertiary alicyclic amines) is 1. The number of amides is 1. The molecule has 1 aliphatic carbocycles. The van der Waals surface area contributed by atoms with Gasteiger partial charge in [-0.15, -0.1) is 0 Å². The van der Waals surface area contributed by atoms with Crippen molar-refractivity contribution in [2.24, 2.45) is 5.92 Å². The van der Waals surface area contributed by atoms with Gasteiger partial charge in [0.05, 0.1) is 28.8 Å². The number of carbonyl (C=O) groups excluding carboxylic acids is 1. The largest absolute Gasteiger partial charge is 0.360 e. The summed E-state index contributed by atoms with van der Waals surface area (Å²) in [6.07, 6.45) is 4.43. The van der Waals surface area contributed by atoms with Crippen molar-refractivity contribution in [1.29, 1.82) is 10.5 Å². The molecule has 0 N–H and O–H groups in total. The number of hydrogen-bond donors (Lipinski definition) is 0. The monoisotopic (exact) mass is 427 g/mol. The average molecular weight is 428 g/mol. The van der Waals surface area contributed by atoms with E-state index in [4.69, 9.17) is 15.3 Å². The predicted octanol–water partition coefficient (Wildman–Crippen LogP) is 2.96. The number of piperazine rings is 1. The zero-order valence-corrected chi connectivity index (χ0v) is 18.1. The van der Waals surface area contributed by atoms with Crippen LogP contribution in [0.5, 0.6) is 0 Å².